The molecular formula is C26H33N9O4. The average Bonchev–Trinajstić information content (AvgIpc) is 3.60. The van der Waals surface area contributed by atoms with E-state index in [-0.39, 0.29) is 24.4 Å². The zero-order valence-electron chi connectivity index (χ0n) is 22.6. The van der Waals surface area contributed by atoms with E-state index in [0.717, 1.165) is 42.5 Å². The third-order valence-electron chi connectivity index (χ3n) is 7.63. The summed E-state index contributed by atoms with van der Waals surface area (Å²) >= 11 is 0. The zero-order valence-corrected chi connectivity index (χ0v) is 22.6. The van der Waals surface area contributed by atoms with Gasteiger partial charge in [-0.15, -0.1) is 0 Å². The lowest BCUT2D eigenvalue weighted by Gasteiger charge is -2.32. The number of hydrogen-bond acceptors (Lipinski definition) is 11. The number of fused-ring (bicyclic) bond motifs is 1. The number of aromatic amines is 1. The number of nitrogens with zero attached hydrogens (tertiary/aromatic N) is 7. The molecule has 13 heteroatoms. The van der Waals surface area contributed by atoms with Crippen LogP contribution in [0.25, 0.3) is 11.0 Å². The summed E-state index contributed by atoms with van der Waals surface area (Å²) in [7, 11) is 1.63. The number of aromatic nitrogens is 6. The van der Waals surface area contributed by atoms with E-state index in [1.807, 2.05) is 11.0 Å². The summed E-state index contributed by atoms with van der Waals surface area (Å²) in [5.41, 5.74) is -0.0486. The van der Waals surface area contributed by atoms with Crippen molar-refractivity contribution >= 4 is 22.9 Å². The molecule has 4 heterocycles. The number of anilines is 1. The normalized spacial score (nSPS) is 17.9. The largest absolute Gasteiger partial charge is 0.496 e. The lowest BCUT2D eigenvalue weighted by Crippen LogP contribution is -2.47. The Kier molecular flexibility index (Phi) is 6.98. The third-order valence-corrected chi connectivity index (χ3v) is 7.63. The Hall–Kier alpha value is -4.05. The van der Waals surface area contributed by atoms with Gasteiger partial charge in [0.1, 0.15) is 12.4 Å². The number of pyridine rings is 1. The van der Waals surface area contributed by atoms with E-state index in [2.05, 4.69) is 41.5 Å². The molecule has 0 spiro atoms. The van der Waals surface area contributed by atoms with Gasteiger partial charge >= 0.3 is 6.01 Å². The molecule has 2 aliphatic rings. The number of rotatable bonds is 9. The van der Waals surface area contributed by atoms with Gasteiger partial charge in [-0.25, -0.2) is 4.98 Å². The maximum absolute atomic E-state index is 13.0. The quantitative estimate of drug-likeness (QED) is 0.366. The molecule has 206 valence electrons. The number of carbonyl (C=O) groups is 1. The van der Waals surface area contributed by atoms with Crippen molar-refractivity contribution in [3.8, 4) is 17.8 Å². The van der Waals surface area contributed by atoms with Crippen molar-refractivity contribution in [2.45, 2.75) is 64.0 Å². The van der Waals surface area contributed by atoms with E-state index >= 15 is 0 Å². The van der Waals surface area contributed by atoms with Crippen LogP contribution in [0, 0.1) is 16.7 Å². The second kappa shape index (κ2) is 10.3. The highest BCUT2D eigenvalue weighted by Gasteiger charge is 2.44. The minimum Gasteiger partial charge on any atom is -0.496 e. The zero-order chi connectivity index (χ0) is 27.8. The average molecular weight is 536 g/mol. The Morgan fingerprint density at radius 2 is 2.08 bits per heavy atom. The molecule has 1 amide bonds. The van der Waals surface area contributed by atoms with Crippen molar-refractivity contribution in [3.63, 3.8) is 0 Å². The van der Waals surface area contributed by atoms with Crippen molar-refractivity contribution in [3.05, 3.63) is 23.8 Å². The first-order chi connectivity index (χ1) is 18.6. The summed E-state index contributed by atoms with van der Waals surface area (Å²) in [4.78, 5) is 32.5. The summed E-state index contributed by atoms with van der Waals surface area (Å²) in [5.74, 6) is 0.605. The van der Waals surface area contributed by atoms with Gasteiger partial charge in [0.2, 0.25) is 11.8 Å². The van der Waals surface area contributed by atoms with Crippen LogP contribution in [0.15, 0.2) is 12.3 Å². The number of nitriles is 1. The van der Waals surface area contributed by atoms with E-state index < -0.39 is 23.0 Å². The van der Waals surface area contributed by atoms with Crippen LogP contribution in [0.3, 0.4) is 0 Å². The fraction of sp³-hybridized carbons (Fsp3) is 0.577. The predicted molar refractivity (Wildman–Crippen MR) is 140 cm³/mol. The Balaban J connectivity index is 1.36. The van der Waals surface area contributed by atoms with Crippen LogP contribution in [-0.2, 0) is 0 Å². The fourth-order valence-electron chi connectivity index (χ4n) is 4.51. The summed E-state index contributed by atoms with van der Waals surface area (Å²) < 4.78 is 11.3. The van der Waals surface area contributed by atoms with Crippen molar-refractivity contribution in [2.24, 2.45) is 5.41 Å². The molecule has 1 saturated heterocycles. The van der Waals surface area contributed by atoms with Gasteiger partial charge in [-0.3, -0.25) is 9.89 Å². The molecule has 39 heavy (non-hydrogen) atoms. The molecule has 0 aromatic carbocycles. The number of nitrogens with one attached hydrogen (secondary N) is 2. The van der Waals surface area contributed by atoms with E-state index in [0.29, 0.717) is 24.7 Å². The number of methoxy groups -OCH3 is 1. The highest BCUT2D eigenvalue weighted by molar-refractivity contribution is 5.91. The first-order valence-electron chi connectivity index (χ1n) is 13.1. The van der Waals surface area contributed by atoms with Crippen LogP contribution >= 0.6 is 0 Å². The standard InChI is InChI=1S/C26H33N9O4/c1-15(25(2,3)37)29-22(36)21-30-23(32-24(31-21)39-14-26(13-27)8-9-26)35-11-6-16(7-12-35)19-18-17(38-4)5-10-28-20(18)34-33-19/h5,10,15-16,37H,6-9,11-12,14H2,1-4H3,(H,29,36)(H,28,33,34)/t15-/m1/s1. The van der Waals surface area contributed by atoms with Gasteiger partial charge < -0.3 is 24.8 Å². The van der Waals surface area contributed by atoms with Gasteiger partial charge in [-0.1, -0.05) is 0 Å². The molecule has 3 N–H and O–H groups in total. The summed E-state index contributed by atoms with van der Waals surface area (Å²) in [6.45, 7) is 6.33. The van der Waals surface area contributed by atoms with E-state index in [1.54, 1.807) is 34.1 Å². The predicted octanol–water partition coefficient (Wildman–Crippen LogP) is 2.11. The molecule has 13 nitrogen and oxygen atoms in total. The van der Waals surface area contributed by atoms with Crippen LogP contribution in [0.1, 0.15) is 68.7 Å². The topological polar surface area (TPSA) is 175 Å². The maximum atomic E-state index is 13.0. The SMILES string of the molecule is COc1ccnc2n[nH]c(C3CCN(c4nc(OCC5(C#N)CC5)nc(C(=O)N[C@H](C)C(C)(C)O)n4)CC3)c12. The number of H-pyrrole nitrogens is 1. The second-order valence-corrected chi connectivity index (χ2v) is 10.9. The van der Waals surface area contributed by atoms with Gasteiger partial charge in [0, 0.05) is 25.2 Å². The number of hydrogen-bond donors (Lipinski definition) is 3. The van der Waals surface area contributed by atoms with Crippen LogP contribution in [0.4, 0.5) is 5.95 Å². The summed E-state index contributed by atoms with van der Waals surface area (Å²) in [6.07, 6.45) is 4.76. The van der Waals surface area contributed by atoms with Crippen molar-refractivity contribution in [1.29, 1.82) is 5.26 Å². The van der Waals surface area contributed by atoms with E-state index in [1.165, 1.54) is 0 Å². The van der Waals surface area contributed by atoms with Gasteiger partial charge in [0.05, 0.1) is 41.3 Å². The molecule has 0 bridgehead atoms. The second-order valence-electron chi connectivity index (χ2n) is 10.9. The molecule has 3 aromatic rings. The van der Waals surface area contributed by atoms with E-state index in [4.69, 9.17) is 9.47 Å². The summed E-state index contributed by atoms with van der Waals surface area (Å²) in [6, 6.07) is 3.56. The Bertz CT molecular complexity index is 1400. The molecule has 3 aromatic heterocycles. The minimum atomic E-state index is -1.13. The highest BCUT2D eigenvalue weighted by Crippen LogP contribution is 2.45. The number of piperidine rings is 1. The van der Waals surface area contributed by atoms with Gasteiger partial charge in [0.25, 0.3) is 5.91 Å². The van der Waals surface area contributed by atoms with Crippen LogP contribution in [0.2, 0.25) is 0 Å². The number of carbonyl (C=O) groups excluding carboxylic acids is 1. The van der Waals surface area contributed by atoms with Crippen molar-refractivity contribution in [1.82, 2.24) is 35.5 Å². The molecule has 0 radical (unpaired) electrons. The molecule has 1 saturated carbocycles. The van der Waals surface area contributed by atoms with Crippen LogP contribution in [0.5, 0.6) is 11.8 Å². The van der Waals surface area contributed by atoms with Crippen LogP contribution in [-0.4, -0.2) is 79.6 Å². The first-order valence-corrected chi connectivity index (χ1v) is 13.1. The number of ether oxygens (including phenoxy) is 2. The minimum absolute atomic E-state index is 0.0000768. The molecule has 5 rings (SSSR count). The highest BCUT2D eigenvalue weighted by atomic mass is 16.5. The molecular weight excluding hydrogens is 502 g/mol. The monoisotopic (exact) mass is 535 g/mol. The first kappa shape index (κ1) is 26.6. The Morgan fingerprint density at radius 3 is 2.72 bits per heavy atom. The molecule has 1 atom stereocenters. The lowest BCUT2D eigenvalue weighted by atomic mass is 9.92. The summed E-state index contributed by atoms with van der Waals surface area (Å²) in [5, 5.41) is 30.8. The molecule has 2 fully saturated rings. The molecule has 1 aliphatic carbocycles. The molecule has 0 unspecified atom stereocenters. The third kappa shape index (κ3) is 5.56. The van der Waals surface area contributed by atoms with Crippen molar-refractivity contribution < 1.29 is 19.4 Å². The molecule has 1 aliphatic heterocycles. The van der Waals surface area contributed by atoms with Gasteiger partial charge in [-0.2, -0.15) is 25.3 Å². The lowest BCUT2D eigenvalue weighted by molar-refractivity contribution is 0.0405. The Morgan fingerprint density at radius 1 is 1.33 bits per heavy atom. The van der Waals surface area contributed by atoms with Crippen molar-refractivity contribution in [2.75, 3.05) is 31.7 Å². The number of aliphatic hydroxyl groups is 1. The van der Waals surface area contributed by atoms with E-state index in [9.17, 15) is 15.2 Å². The van der Waals surface area contributed by atoms with Gasteiger partial charge in [-0.05, 0) is 52.5 Å². The fourth-order valence-corrected chi connectivity index (χ4v) is 4.51. The maximum Gasteiger partial charge on any atom is 0.322 e. The smallest absolute Gasteiger partial charge is 0.322 e. The Labute approximate surface area is 226 Å². The number of amides is 1. The van der Waals surface area contributed by atoms with Gasteiger partial charge in [0.15, 0.2) is 5.65 Å². The van der Waals surface area contributed by atoms with Crippen LogP contribution < -0.4 is 19.7 Å².